The zero-order valence-electron chi connectivity index (χ0n) is 18.7. The van der Waals surface area contributed by atoms with Crippen molar-refractivity contribution in [2.24, 2.45) is 0 Å². The third-order valence-electron chi connectivity index (χ3n) is 6.38. The monoisotopic (exact) mass is 517 g/mol. The number of aliphatic hydroxyl groups is 1. The number of hydrogen-bond acceptors (Lipinski definition) is 4. The van der Waals surface area contributed by atoms with Crippen LogP contribution in [0.2, 0.25) is 0 Å². The predicted octanol–water partition coefficient (Wildman–Crippen LogP) is 5.44. The Labute approximate surface area is 206 Å². The van der Waals surface area contributed by atoms with Crippen LogP contribution in [-0.4, -0.2) is 34.3 Å². The summed E-state index contributed by atoms with van der Waals surface area (Å²) in [5.41, 5.74) is 3.46. The Kier molecular flexibility index (Phi) is 6.00. The molecule has 0 radical (unpaired) electrons. The number of amides is 1. The number of aliphatic hydroxyl groups excluding tert-OH is 1. The van der Waals surface area contributed by atoms with E-state index in [2.05, 4.69) is 15.9 Å². The van der Waals surface area contributed by atoms with Gasteiger partial charge in [0.1, 0.15) is 17.6 Å². The SMILES string of the molecule is C[C@H]1Cc2cc(C(O)=C3C(=O)C(=O)N(CCc4ccccc4)[C@@H]3c3ccc(Br)cc3)ccc2O1. The van der Waals surface area contributed by atoms with Crippen LogP contribution in [0.3, 0.4) is 0 Å². The lowest BCUT2D eigenvalue weighted by Crippen LogP contribution is -2.31. The molecular weight excluding hydrogens is 494 g/mol. The lowest BCUT2D eigenvalue weighted by Gasteiger charge is -2.25. The van der Waals surface area contributed by atoms with Crippen molar-refractivity contribution in [2.75, 3.05) is 6.54 Å². The fourth-order valence-corrected chi connectivity index (χ4v) is 4.99. The van der Waals surface area contributed by atoms with Gasteiger partial charge in [0.05, 0.1) is 11.6 Å². The number of ketones is 1. The van der Waals surface area contributed by atoms with Crippen molar-refractivity contribution < 1.29 is 19.4 Å². The van der Waals surface area contributed by atoms with Gasteiger partial charge in [0, 0.05) is 23.0 Å². The highest BCUT2D eigenvalue weighted by atomic mass is 79.9. The van der Waals surface area contributed by atoms with Gasteiger partial charge in [-0.15, -0.1) is 0 Å². The van der Waals surface area contributed by atoms with Crippen LogP contribution in [0, 0.1) is 0 Å². The molecule has 0 aromatic heterocycles. The molecule has 2 heterocycles. The standard InChI is InChI=1S/C28H24BrNO4/c1-17-15-21-16-20(9-12-23(21)34-17)26(31)24-25(19-7-10-22(29)11-8-19)30(28(33)27(24)32)14-13-18-5-3-2-4-6-18/h2-12,16-17,25,31H,13-15H2,1H3/t17-,25+/m0/s1. The third kappa shape index (κ3) is 4.14. The number of rotatable bonds is 5. The molecule has 0 bridgehead atoms. The maximum Gasteiger partial charge on any atom is 0.295 e. The van der Waals surface area contributed by atoms with Crippen LogP contribution < -0.4 is 4.74 Å². The quantitative estimate of drug-likeness (QED) is 0.278. The largest absolute Gasteiger partial charge is 0.507 e. The van der Waals surface area contributed by atoms with E-state index in [1.165, 1.54) is 0 Å². The van der Waals surface area contributed by atoms with Crippen molar-refractivity contribution in [2.45, 2.75) is 31.9 Å². The first-order valence-electron chi connectivity index (χ1n) is 11.3. The molecule has 6 heteroatoms. The minimum Gasteiger partial charge on any atom is -0.507 e. The molecule has 0 saturated carbocycles. The van der Waals surface area contributed by atoms with Crippen LogP contribution in [0.25, 0.3) is 5.76 Å². The minimum atomic E-state index is -0.666. The van der Waals surface area contributed by atoms with Crippen LogP contribution in [0.4, 0.5) is 0 Å². The Bertz CT molecular complexity index is 1280. The van der Waals surface area contributed by atoms with Gasteiger partial charge in [-0.25, -0.2) is 0 Å². The van der Waals surface area contributed by atoms with Gasteiger partial charge in [-0.2, -0.15) is 0 Å². The summed E-state index contributed by atoms with van der Waals surface area (Å²) in [5.74, 6) is -0.625. The number of ether oxygens (including phenoxy) is 1. The van der Waals surface area contributed by atoms with Crippen molar-refractivity contribution in [1.82, 2.24) is 4.90 Å². The molecule has 1 fully saturated rings. The molecule has 0 spiro atoms. The normalized spacial score (nSPS) is 20.9. The Hall–Kier alpha value is -3.38. The molecule has 0 aliphatic carbocycles. The Balaban J connectivity index is 1.57. The highest BCUT2D eigenvalue weighted by Gasteiger charge is 2.45. The first-order valence-corrected chi connectivity index (χ1v) is 12.1. The topological polar surface area (TPSA) is 66.8 Å². The highest BCUT2D eigenvalue weighted by Crippen LogP contribution is 2.41. The van der Waals surface area contributed by atoms with Gasteiger partial charge < -0.3 is 14.7 Å². The summed E-state index contributed by atoms with van der Waals surface area (Å²) < 4.78 is 6.66. The maximum absolute atomic E-state index is 13.2. The summed E-state index contributed by atoms with van der Waals surface area (Å²) in [6, 6.07) is 22.1. The number of fused-ring (bicyclic) bond motifs is 1. The third-order valence-corrected chi connectivity index (χ3v) is 6.91. The molecule has 34 heavy (non-hydrogen) atoms. The zero-order chi connectivity index (χ0) is 23.8. The zero-order valence-corrected chi connectivity index (χ0v) is 20.3. The van der Waals surface area contributed by atoms with E-state index in [9.17, 15) is 14.7 Å². The molecular formula is C28H24BrNO4. The number of carbonyl (C=O) groups is 2. The van der Waals surface area contributed by atoms with E-state index < -0.39 is 17.7 Å². The molecule has 3 aromatic carbocycles. The van der Waals surface area contributed by atoms with Crippen LogP contribution in [0.1, 0.15) is 35.2 Å². The molecule has 3 aromatic rings. The average molecular weight is 518 g/mol. The van der Waals surface area contributed by atoms with Crippen molar-refractivity contribution in [3.8, 4) is 5.75 Å². The molecule has 0 unspecified atom stereocenters. The second-order valence-electron chi connectivity index (χ2n) is 8.73. The molecule has 2 atom stereocenters. The fourth-order valence-electron chi connectivity index (χ4n) is 4.72. The molecule has 5 rings (SSSR count). The first kappa shape index (κ1) is 22.4. The number of nitrogens with zero attached hydrogens (tertiary/aromatic N) is 1. The van der Waals surface area contributed by atoms with Gasteiger partial charge in [0.2, 0.25) is 0 Å². The van der Waals surface area contributed by atoms with E-state index in [0.717, 1.165) is 33.3 Å². The first-order chi connectivity index (χ1) is 16.4. The maximum atomic E-state index is 13.2. The summed E-state index contributed by atoms with van der Waals surface area (Å²) in [4.78, 5) is 28.0. The van der Waals surface area contributed by atoms with Crippen LogP contribution in [-0.2, 0) is 22.4 Å². The minimum absolute atomic E-state index is 0.0683. The highest BCUT2D eigenvalue weighted by molar-refractivity contribution is 9.10. The number of likely N-dealkylation sites (tertiary alicyclic amines) is 1. The van der Waals surface area contributed by atoms with Gasteiger partial charge in [0.15, 0.2) is 0 Å². The van der Waals surface area contributed by atoms with Crippen LogP contribution >= 0.6 is 15.9 Å². The van der Waals surface area contributed by atoms with Crippen molar-refractivity contribution >= 4 is 33.4 Å². The van der Waals surface area contributed by atoms with Crippen LogP contribution in [0.5, 0.6) is 5.75 Å². The van der Waals surface area contributed by atoms with Gasteiger partial charge in [-0.3, -0.25) is 9.59 Å². The molecule has 5 nitrogen and oxygen atoms in total. The number of benzene rings is 3. The van der Waals surface area contributed by atoms with E-state index in [-0.39, 0.29) is 17.4 Å². The van der Waals surface area contributed by atoms with E-state index >= 15 is 0 Å². The predicted molar refractivity (Wildman–Crippen MR) is 134 cm³/mol. The average Bonchev–Trinajstić information content (AvgIpc) is 3.34. The van der Waals surface area contributed by atoms with Gasteiger partial charge >= 0.3 is 0 Å². The van der Waals surface area contributed by atoms with Crippen molar-refractivity contribution in [3.63, 3.8) is 0 Å². The van der Waals surface area contributed by atoms with Gasteiger partial charge in [-0.1, -0.05) is 58.4 Å². The number of Topliss-reactive ketones (excluding diaryl/α,β-unsaturated/α-hetero) is 1. The van der Waals surface area contributed by atoms with Crippen molar-refractivity contribution in [3.05, 3.63) is 105 Å². The van der Waals surface area contributed by atoms with Crippen LogP contribution in [0.15, 0.2) is 82.8 Å². The summed E-state index contributed by atoms with van der Waals surface area (Å²) in [6.45, 7) is 2.35. The smallest absolute Gasteiger partial charge is 0.295 e. The summed E-state index contributed by atoms with van der Waals surface area (Å²) >= 11 is 3.45. The molecule has 1 saturated heterocycles. The Morgan fingerprint density at radius 1 is 1.06 bits per heavy atom. The summed E-state index contributed by atoms with van der Waals surface area (Å²) in [6.07, 6.45) is 1.41. The lowest BCUT2D eigenvalue weighted by molar-refractivity contribution is -0.139. The van der Waals surface area contributed by atoms with E-state index in [0.29, 0.717) is 18.5 Å². The van der Waals surface area contributed by atoms with E-state index in [1.807, 2.05) is 73.7 Å². The van der Waals surface area contributed by atoms with Gasteiger partial charge in [0.25, 0.3) is 11.7 Å². The summed E-state index contributed by atoms with van der Waals surface area (Å²) in [5, 5.41) is 11.3. The molecule has 1 amide bonds. The summed E-state index contributed by atoms with van der Waals surface area (Å²) in [7, 11) is 0. The second kappa shape index (κ2) is 9.11. The number of hydrogen-bond donors (Lipinski definition) is 1. The lowest BCUT2D eigenvalue weighted by atomic mass is 9.94. The number of carbonyl (C=O) groups excluding carboxylic acids is 2. The molecule has 2 aliphatic heterocycles. The van der Waals surface area contributed by atoms with E-state index in [4.69, 9.17) is 4.74 Å². The second-order valence-corrected chi connectivity index (χ2v) is 9.65. The van der Waals surface area contributed by atoms with Crippen molar-refractivity contribution in [1.29, 1.82) is 0 Å². The van der Waals surface area contributed by atoms with E-state index in [1.54, 1.807) is 11.0 Å². The molecule has 1 N–H and O–H groups in total. The fraction of sp³-hybridized carbons (Fsp3) is 0.214. The van der Waals surface area contributed by atoms with Gasteiger partial charge in [-0.05, 0) is 60.4 Å². The number of halogens is 1. The Morgan fingerprint density at radius 2 is 1.79 bits per heavy atom. The molecule has 172 valence electrons. The molecule has 2 aliphatic rings. The Morgan fingerprint density at radius 3 is 2.53 bits per heavy atom.